The topological polar surface area (TPSA) is 72.7 Å². The van der Waals surface area contributed by atoms with Gasteiger partial charge in [0.15, 0.2) is 0 Å². The highest BCUT2D eigenvalue weighted by Gasteiger charge is 2.29. The second-order valence-electron chi connectivity index (χ2n) is 5.11. The molecule has 1 heterocycles. The number of esters is 1. The van der Waals surface area contributed by atoms with Crippen LogP contribution < -0.4 is 4.90 Å². The van der Waals surface area contributed by atoms with Gasteiger partial charge < -0.3 is 9.64 Å². The van der Waals surface area contributed by atoms with E-state index >= 15 is 0 Å². The summed E-state index contributed by atoms with van der Waals surface area (Å²) in [6.07, 6.45) is 3.03. The van der Waals surface area contributed by atoms with Gasteiger partial charge in [-0.3, -0.25) is 10.1 Å². The van der Waals surface area contributed by atoms with Crippen molar-refractivity contribution in [2.45, 2.75) is 32.2 Å². The first-order valence-corrected chi connectivity index (χ1v) is 7.16. The molecule has 0 amide bonds. The lowest BCUT2D eigenvalue weighted by molar-refractivity contribution is -0.384. The molecule has 6 nitrogen and oxygen atoms in total. The van der Waals surface area contributed by atoms with Crippen molar-refractivity contribution in [2.75, 3.05) is 18.6 Å². The highest BCUT2D eigenvalue weighted by molar-refractivity contribution is 6.34. The van der Waals surface area contributed by atoms with Crippen LogP contribution >= 0.6 is 11.6 Å². The standard InChI is InChI=1S/C14H17ClN2O4/c1-9-5-3-4-6-16(9)13-11(15)7-10(14(18)21-2)8-12(13)17(19)20/h7-9H,3-6H2,1-2H3/t9-/m0/s1. The van der Waals surface area contributed by atoms with Gasteiger partial charge in [0.2, 0.25) is 0 Å². The molecule has 1 aliphatic heterocycles. The van der Waals surface area contributed by atoms with Crippen molar-refractivity contribution in [3.05, 3.63) is 32.8 Å². The molecular weight excluding hydrogens is 296 g/mol. The van der Waals surface area contributed by atoms with E-state index in [1.54, 1.807) is 0 Å². The predicted octanol–water partition coefficient (Wildman–Crippen LogP) is 3.41. The number of nitrogens with zero attached hydrogens (tertiary/aromatic N) is 2. The van der Waals surface area contributed by atoms with Crippen LogP contribution in [0.5, 0.6) is 0 Å². The molecule has 1 aromatic carbocycles. The summed E-state index contributed by atoms with van der Waals surface area (Å²) >= 11 is 6.22. The molecular formula is C14H17ClN2O4. The molecule has 0 bridgehead atoms. The maximum Gasteiger partial charge on any atom is 0.338 e. The summed E-state index contributed by atoms with van der Waals surface area (Å²) in [7, 11) is 1.22. The smallest absolute Gasteiger partial charge is 0.338 e. The number of nitro groups is 1. The average molecular weight is 313 g/mol. The first-order valence-electron chi connectivity index (χ1n) is 6.78. The van der Waals surface area contributed by atoms with E-state index in [4.69, 9.17) is 11.6 Å². The van der Waals surface area contributed by atoms with Crippen molar-refractivity contribution in [1.82, 2.24) is 0 Å². The first kappa shape index (κ1) is 15.6. The van der Waals surface area contributed by atoms with Crippen LogP contribution in [0.15, 0.2) is 12.1 Å². The molecule has 0 unspecified atom stereocenters. The SMILES string of the molecule is COC(=O)c1cc(Cl)c(N2CCCC[C@@H]2C)c([N+](=O)[O-])c1. The number of piperidine rings is 1. The first-order chi connectivity index (χ1) is 9.95. The lowest BCUT2D eigenvalue weighted by Gasteiger charge is -2.35. The number of rotatable bonds is 3. The Morgan fingerprint density at radius 1 is 1.48 bits per heavy atom. The highest BCUT2D eigenvalue weighted by atomic mass is 35.5. The van der Waals surface area contributed by atoms with Gasteiger partial charge in [-0.05, 0) is 32.3 Å². The van der Waals surface area contributed by atoms with Crippen molar-refractivity contribution in [1.29, 1.82) is 0 Å². The molecule has 1 saturated heterocycles. The summed E-state index contributed by atoms with van der Waals surface area (Å²) in [6.45, 7) is 2.74. The minimum Gasteiger partial charge on any atom is -0.465 e. The Morgan fingerprint density at radius 3 is 2.76 bits per heavy atom. The second-order valence-corrected chi connectivity index (χ2v) is 5.52. The van der Waals surface area contributed by atoms with Gasteiger partial charge in [0.05, 0.1) is 22.6 Å². The Morgan fingerprint density at radius 2 is 2.19 bits per heavy atom. The molecule has 0 spiro atoms. The number of halogens is 1. The second kappa shape index (κ2) is 6.30. The Balaban J connectivity index is 2.54. The van der Waals surface area contributed by atoms with Crippen LogP contribution in [0.1, 0.15) is 36.5 Å². The van der Waals surface area contributed by atoms with E-state index in [-0.39, 0.29) is 22.3 Å². The summed E-state index contributed by atoms with van der Waals surface area (Å²) in [5.74, 6) is -0.641. The minimum absolute atomic E-state index is 0.0858. The van der Waals surface area contributed by atoms with E-state index in [1.807, 2.05) is 11.8 Å². The van der Waals surface area contributed by atoms with Crippen LogP contribution in [0.3, 0.4) is 0 Å². The van der Waals surface area contributed by atoms with Gasteiger partial charge in [0, 0.05) is 18.7 Å². The van der Waals surface area contributed by atoms with Crippen LogP contribution in [0.25, 0.3) is 0 Å². The van der Waals surface area contributed by atoms with Crippen molar-refractivity contribution in [2.24, 2.45) is 0 Å². The third kappa shape index (κ3) is 3.10. The number of ether oxygens (including phenoxy) is 1. The van der Waals surface area contributed by atoms with E-state index in [2.05, 4.69) is 4.74 Å². The molecule has 1 aromatic rings. The number of nitro benzene ring substituents is 1. The van der Waals surface area contributed by atoms with Gasteiger partial charge in [-0.25, -0.2) is 4.79 Å². The van der Waals surface area contributed by atoms with Gasteiger partial charge in [-0.2, -0.15) is 0 Å². The van der Waals surface area contributed by atoms with Gasteiger partial charge in [-0.1, -0.05) is 11.6 Å². The van der Waals surface area contributed by atoms with Crippen LogP contribution in [0.2, 0.25) is 5.02 Å². The normalized spacial score (nSPS) is 18.4. The number of hydrogen-bond acceptors (Lipinski definition) is 5. The van der Waals surface area contributed by atoms with Crippen molar-refractivity contribution >= 4 is 28.9 Å². The van der Waals surface area contributed by atoms with Crippen LogP contribution in [0, 0.1) is 10.1 Å². The number of methoxy groups -OCH3 is 1. The number of carbonyl (C=O) groups is 1. The molecule has 1 aliphatic rings. The fraction of sp³-hybridized carbons (Fsp3) is 0.500. The third-order valence-electron chi connectivity index (χ3n) is 3.75. The lowest BCUT2D eigenvalue weighted by Crippen LogP contribution is -2.38. The van der Waals surface area contributed by atoms with Gasteiger partial charge in [-0.15, -0.1) is 0 Å². The van der Waals surface area contributed by atoms with E-state index in [0.717, 1.165) is 25.8 Å². The molecule has 114 valence electrons. The molecule has 0 aromatic heterocycles. The number of hydrogen-bond donors (Lipinski definition) is 0. The summed E-state index contributed by atoms with van der Waals surface area (Å²) < 4.78 is 4.60. The Labute approximate surface area is 127 Å². The third-order valence-corrected chi connectivity index (χ3v) is 4.04. The minimum atomic E-state index is -0.641. The number of benzene rings is 1. The molecule has 0 saturated carbocycles. The molecule has 21 heavy (non-hydrogen) atoms. The number of anilines is 1. The van der Waals surface area contributed by atoms with Crippen LogP contribution in [-0.2, 0) is 4.74 Å². The zero-order valence-electron chi connectivity index (χ0n) is 12.0. The van der Waals surface area contributed by atoms with Gasteiger partial charge in [0.25, 0.3) is 5.69 Å². The van der Waals surface area contributed by atoms with E-state index < -0.39 is 10.9 Å². The summed E-state index contributed by atoms with van der Waals surface area (Å²) in [4.78, 5) is 24.4. The van der Waals surface area contributed by atoms with Gasteiger partial charge in [0.1, 0.15) is 5.69 Å². The van der Waals surface area contributed by atoms with E-state index in [0.29, 0.717) is 5.69 Å². The molecule has 2 rings (SSSR count). The summed E-state index contributed by atoms with van der Waals surface area (Å²) in [6, 6.07) is 2.84. The molecule has 1 fully saturated rings. The quantitative estimate of drug-likeness (QED) is 0.486. The predicted molar refractivity (Wildman–Crippen MR) is 80.1 cm³/mol. The molecule has 0 N–H and O–H groups in total. The molecule has 1 atom stereocenters. The Kier molecular flexibility index (Phi) is 4.67. The maximum absolute atomic E-state index is 11.6. The molecule has 0 radical (unpaired) electrons. The van der Waals surface area contributed by atoms with E-state index in [1.165, 1.54) is 19.2 Å². The zero-order chi connectivity index (χ0) is 15.6. The fourth-order valence-corrected chi connectivity index (χ4v) is 3.00. The summed E-state index contributed by atoms with van der Waals surface area (Å²) in [5.41, 5.74) is 0.320. The highest BCUT2D eigenvalue weighted by Crippen LogP contribution is 2.39. The maximum atomic E-state index is 11.6. The Hall–Kier alpha value is -1.82. The lowest BCUT2D eigenvalue weighted by atomic mass is 10.0. The van der Waals surface area contributed by atoms with E-state index in [9.17, 15) is 14.9 Å². The average Bonchev–Trinajstić information content (AvgIpc) is 2.46. The molecule has 0 aliphatic carbocycles. The zero-order valence-corrected chi connectivity index (χ0v) is 12.7. The largest absolute Gasteiger partial charge is 0.465 e. The van der Waals surface area contributed by atoms with Crippen molar-refractivity contribution in [3.63, 3.8) is 0 Å². The molecule has 7 heteroatoms. The van der Waals surface area contributed by atoms with Crippen molar-refractivity contribution < 1.29 is 14.5 Å². The van der Waals surface area contributed by atoms with Crippen LogP contribution in [0.4, 0.5) is 11.4 Å². The fourth-order valence-electron chi connectivity index (χ4n) is 2.67. The van der Waals surface area contributed by atoms with Crippen LogP contribution in [-0.4, -0.2) is 30.6 Å². The Bertz CT molecular complexity index is 576. The van der Waals surface area contributed by atoms with Crippen molar-refractivity contribution in [3.8, 4) is 0 Å². The monoisotopic (exact) mass is 312 g/mol. The number of carbonyl (C=O) groups excluding carboxylic acids is 1. The van der Waals surface area contributed by atoms with Gasteiger partial charge >= 0.3 is 5.97 Å². The summed E-state index contributed by atoms with van der Waals surface area (Å²) in [5, 5.41) is 11.6.